The number of nitrogens with zero attached hydrogens (tertiary/aromatic N) is 2. The number of rotatable bonds is 14. The monoisotopic (exact) mass is 407 g/mol. The van der Waals surface area contributed by atoms with Gasteiger partial charge in [-0.25, -0.2) is 0 Å². The molecule has 1 amide bonds. The van der Waals surface area contributed by atoms with E-state index in [1.165, 1.54) is 0 Å². The molecule has 0 spiro atoms. The number of carbonyl (C=O) groups excluding carboxylic acids is 1. The summed E-state index contributed by atoms with van der Waals surface area (Å²) in [5.74, 6) is 1.59. The predicted octanol–water partition coefficient (Wildman–Crippen LogP) is 1.88. The van der Waals surface area contributed by atoms with E-state index in [1.807, 2.05) is 23.1 Å². The Balaban J connectivity index is 1.77. The first-order valence-electron chi connectivity index (χ1n) is 10.8. The number of benzene rings is 1. The number of nitrogens with one attached hydrogen (secondary N) is 1. The van der Waals surface area contributed by atoms with Gasteiger partial charge < -0.3 is 29.7 Å². The molecule has 1 heterocycles. The smallest absolute Gasteiger partial charge is 0.222 e. The summed E-state index contributed by atoms with van der Waals surface area (Å²) in [5, 5.41) is 13.7. The van der Waals surface area contributed by atoms with Crippen LogP contribution in [0, 0.1) is 0 Å². The van der Waals surface area contributed by atoms with E-state index in [0.717, 1.165) is 57.7 Å². The molecule has 1 aliphatic rings. The minimum absolute atomic E-state index is 0.230. The maximum Gasteiger partial charge on any atom is 0.222 e. The molecule has 1 aromatic rings. The van der Waals surface area contributed by atoms with Crippen molar-refractivity contribution in [2.75, 3.05) is 53.0 Å². The third-order valence-electron chi connectivity index (χ3n) is 5.30. The van der Waals surface area contributed by atoms with E-state index in [4.69, 9.17) is 9.47 Å². The van der Waals surface area contributed by atoms with Crippen LogP contribution in [0.3, 0.4) is 0 Å². The largest absolute Gasteiger partial charge is 0.493 e. The molecule has 2 N–H and O–H groups in total. The van der Waals surface area contributed by atoms with Crippen molar-refractivity contribution in [3.63, 3.8) is 0 Å². The summed E-state index contributed by atoms with van der Waals surface area (Å²) >= 11 is 0. The number of amides is 1. The normalized spacial score (nSPS) is 15.2. The molecule has 1 unspecified atom stereocenters. The van der Waals surface area contributed by atoms with E-state index in [2.05, 4.69) is 24.1 Å². The number of likely N-dealkylation sites (tertiary alicyclic amines) is 1. The highest BCUT2D eigenvalue weighted by Gasteiger charge is 2.18. The molecule has 1 atom stereocenters. The molecule has 0 aliphatic carbocycles. The first-order valence-corrected chi connectivity index (χ1v) is 10.8. The number of hydrogen-bond acceptors (Lipinski definition) is 6. The first kappa shape index (κ1) is 23.4. The zero-order chi connectivity index (χ0) is 21.1. The number of aliphatic hydroxyl groups is 1. The molecule has 0 radical (unpaired) electrons. The van der Waals surface area contributed by atoms with Gasteiger partial charge in [0.25, 0.3) is 0 Å². The van der Waals surface area contributed by atoms with Crippen LogP contribution in [-0.2, 0) is 11.3 Å². The van der Waals surface area contributed by atoms with E-state index in [0.29, 0.717) is 24.5 Å². The predicted molar refractivity (Wildman–Crippen MR) is 114 cm³/mol. The Morgan fingerprint density at radius 2 is 2.07 bits per heavy atom. The Bertz CT molecular complexity index is 622. The molecule has 164 valence electrons. The second-order valence-corrected chi connectivity index (χ2v) is 7.45. The third-order valence-corrected chi connectivity index (χ3v) is 5.30. The van der Waals surface area contributed by atoms with E-state index in [-0.39, 0.29) is 12.5 Å². The lowest BCUT2D eigenvalue weighted by Crippen LogP contribution is -2.35. The highest BCUT2D eigenvalue weighted by Crippen LogP contribution is 2.28. The Kier molecular flexibility index (Phi) is 10.2. The summed E-state index contributed by atoms with van der Waals surface area (Å²) < 4.78 is 11.2. The quantitative estimate of drug-likeness (QED) is 0.459. The molecule has 7 nitrogen and oxygen atoms in total. The van der Waals surface area contributed by atoms with E-state index in [1.54, 1.807) is 7.11 Å². The highest BCUT2D eigenvalue weighted by molar-refractivity contribution is 5.77. The van der Waals surface area contributed by atoms with Crippen molar-refractivity contribution in [3.8, 4) is 11.5 Å². The second kappa shape index (κ2) is 12.7. The molecule has 1 fully saturated rings. The van der Waals surface area contributed by atoms with E-state index < -0.39 is 6.10 Å². The number of methoxy groups -OCH3 is 1. The summed E-state index contributed by atoms with van der Waals surface area (Å²) in [6.07, 6.45) is 2.09. The summed E-state index contributed by atoms with van der Waals surface area (Å²) in [6, 6.07) is 5.86. The van der Waals surface area contributed by atoms with Crippen molar-refractivity contribution < 1.29 is 19.4 Å². The van der Waals surface area contributed by atoms with Crippen LogP contribution in [0.15, 0.2) is 18.2 Å². The van der Waals surface area contributed by atoms with Crippen molar-refractivity contribution in [1.82, 2.24) is 15.1 Å². The van der Waals surface area contributed by atoms with Gasteiger partial charge >= 0.3 is 0 Å². The van der Waals surface area contributed by atoms with Gasteiger partial charge in [-0.15, -0.1) is 0 Å². The van der Waals surface area contributed by atoms with Gasteiger partial charge in [-0.05, 0) is 50.2 Å². The lowest BCUT2D eigenvalue weighted by atomic mass is 10.2. The van der Waals surface area contributed by atoms with Crippen LogP contribution in [-0.4, -0.2) is 79.9 Å². The fourth-order valence-electron chi connectivity index (χ4n) is 3.53. The molecule has 0 aromatic heterocycles. The molecule has 1 saturated heterocycles. The number of carbonyl (C=O) groups is 1. The Morgan fingerprint density at radius 1 is 1.28 bits per heavy atom. The van der Waals surface area contributed by atoms with Gasteiger partial charge in [0.1, 0.15) is 12.7 Å². The maximum absolute atomic E-state index is 11.6. The average molecular weight is 408 g/mol. The molecule has 29 heavy (non-hydrogen) atoms. The number of likely N-dealkylation sites (N-methyl/N-ethyl adjacent to an activating group) is 1. The maximum atomic E-state index is 11.6. The van der Waals surface area contributed by atoms with Gasteiger partial charge in [0.15, 0.2) is 11.5 Å². The Hall–Kier alpha value is -1.83. The average Bonchev–Trinajstić information content (AvgIpc) is 3.15. The van der Waals surface area contributed by atoms with Crippen LogP contribution in [0.1, 0.15) is 38.7 Å². The molecule has 1 aliphatic heterocycles. The summed E-state index contributed by atoms with van der Waals surface area (Å²) in [5.41, 5.74) is 1.09. The van der Waals surface area contributed by atoms with Gasteiger partial charge in [-0.3, -0.25) is 4.79 Å². The van der Waals surface area contributed by atoms with Gasteiger partial charge in [-0.1, -0.05) is 19.9 Å². The summed E-state index contributed by atoms with van der Waals surface area (Å²) in [7, 11) is 1.62. The molecule has 7 heteroatoms. The summed E-state index contributed by atoms with van der Waals surface area (Å²) in [4.78, 5) is 15.7. The molecule has 0 saturated carbocycles. The SMILES string of the molecule is CCN(CC)CC(O)COc1cc(CNCCCN2CCCC2=O)ccc1OC. The van der Waals surface area contributed by atoms with Crippen LogP contribution in [0.25, 0.3) is 0 Å². The zero-order valence-corrected chi connectivity index (χ0v) is 18.2. The van der Waals surface area contributed by atoms with Crippen LogP contribution < -0.4 is 14.8 Å². The topological polar surface area (TPSA) is 74.3 Å². The van der Waals surface area contributed by atoms with Crippen molar-refractivity contribution >= 4 is 5.91 Å². The van der Waals surface area contributed by atoms with Gasteiger partial charge in [-0.2, -0.15) is 0 Å². The fraction of sp³-hybridized carbons (Fsp3) is 0.682. The first-order chi connectivity index (χ1) is 14.1. The second-order valence-electron chi connectivity index (χ2n) is 7.45. The van der Waals surface area contributed by atoms with Gasteiger partial charge in [0.05, 0.1) is 7.11 Å². The van der Waals surface area contributed by atoms with E-state index in [9.17, 15) is 9.90 Å². The standard InChI is InChI=1S/C22H37N3O4/c1-4-24(5-2)16-19(26)17-29-21-14-18(9-10-20(21)28-3)15-23-11-7-13-25-12-6-8-22(25)27/h9-10,14,19,23,26H,4-8,11-13,15-17H2,1-3H3. The lowest BCUT2D eigenvalue weighted by molar-refractivity contribution is -0.127. The van der Waals surface area contributed by atoms with Crippen molar-refractivity contribution in [1.29, 1.82) is 0 Å². The molecular weight excluding hydrogens is 370 g/mol. The van der Waals surface area contributed by atoms with Crippen LogP contribution in [0.5, 0.6) is 11.5 Å². The lowest BCUT2D eigenvalue weighted by Gasteiger charge is -2.22. The molecule has 0 bridgehead atoms. The molecule has 2 rings (SSSR count). The van der Waals surface area contributed by atoms with Crippen molar-refractivity contribution in [2.45, 2.75) is 45.8 Å². The molecule has 1 aromatic carbocycles. The highest BCUT2D eigenvalue weighted by atomic mass is 16.5. The molecular formula is C22H37N3O4. The number of hydrogen-bond donors (Lipinski definition) is 2. The number of ether oxygens (including phenoxy) is 2. The van der Waals surface area contributed by atoms with Crippen molar-refractivity contribution in [2.24, 2.45) is 0 Å². The van der Waals surface area contributed by atoms with Crippen LogP contribution in [0.4, 0.5) is 0 Å². The van der Waals surface area contributed by atoms with Gasteiger partial charge in [0, 0.05) is 32.6 Å². The van der Waals surface area contributed by atoms with Crippen LogP contribution in [0.2, 0.25) is 0 Å². The fourth-order valence-corrected chi connectivity index (χ4v) is 3.53. The van der Waals surface area contributed by atoms with E-state index >= 15 is 0 Å². The third kappa shape index (κ3) is 7.84. The van der Waals surface area contributed by atoms with Gasteiger partial charge in [0.2, 0.25) is 5.91 Å². The minimum atomic E-state index is -0.547. The van der Waals surface area contributed by atoms with Crippen LogP contribution >= 0.6 is 0 Å². The Labute approximate surface area is 175 Å². The minimum Gasteiger partial charge on any atom is -0.493 e. The van der Waals surface area contributed by atoms with Crippen molar-refractivity contribution in [3.05, 3.63) is 23.8 Å². The Morgan fingerprint density at radius 3 is 2.72 bits per heavy atom. The summed E-state index contributed by atoms with van der Waals surface area (Å²) in [6.45, 7) is 10.1. The zero-order valence-electron chi connectivity index (χ0n) is 18.2. The number of aliphatic hydroxyl groups excluding tert-OH is 1.